The average Bonchev–Trinajstić information content (AvgIpc) is 3.27. The number of nitriles is 1. The number of hydrogen-bond donors (Lipinski definition) is 0. The number of alkyl halides is 2. The molecule has 0 radical (unpaired) electrons. The molecule has 1 aromatic carbocycles. The van der Waals surface area contributed by atoms with Gasteiger partial charge in [-0.15, -0.1) is 10.2 Å². The van der Waals surface area contributed by atoms with E-state index in [4.69, 9.17) is 4.42 Å². The lowest BCUT2D eigenvalue weighted by molar-refractivity contribution is 0.0611. The van der Waals surface area contributed by atoms with Crippen LogP contribution in [0, 0.1) is 17.2 Å². The maximum Gasteiger partial charge on any atom is 0.314 e. The van der Waals surface area contributed by atoms with Gasteiger partial charge in [0.15, 0.2) is 0 Å². The molecule has 1 aliphatic carbocycles. The molecule has 4 rings (SSSR count). The number of benzene rings is 1. The standard InChI is InChI=1S/C18H16F2N4O2/c19-15(20)17-23-22-16(26-17)10-5-6-12-9-24(18(25)13(12)7-10)14-4-2-1-3-11(14)8-21/h5-7,11,14-15H,1-4,9H2/t11-,14+/m0/s1. The van der Waals surface area contributed by atoms with E-state index in [0.717, 1.165) is 31.2 Å². The fourth-order valence-electron chi connectivity index (χ4n) is 3.80. The van der Waals surface area contributed by atoms with Crippen molar-refractivity contribution in [1.29, 1.82) is 5.26 Å². The average molecular weight is 358 g/mol. The van der Waals surface area contributed by atoms with E-state index in [1.54, 1.807) is 23.1 Å². The number of fused-ring (bicyclic) bond motifs is 1. The Balaban J connectivity index is 1.62. The van der Waals surface area contributed by atoms with Gasteiger partial charge >= 0.3 is 6.43 Å². The third-order valence-electron chi connectivity index (χ3n) is 5.11. The zero-order valence-electron chi connectivity index (χ0n) is 13.9. The minimum Gasteiger partial charge on any atom is -0.415 e. The van der Waals surface area contributed by atoms with Crippen LogP contribution in [0.3, 0.4) is 0 Å². The highest BCUT2D eigenvalue weighted by Gasteiger charge is 2.38. The van der Waals surface area contributed by atoms with Crippen molar-refractivity contribution in [3.05, 3.63) is 35.2 Å². The Bertz CT molecular complexity index is 890. The molecule has 26 heavy (non-hydrogen) atoms. The van der Waals surface area contributed by atoms with Gasteiger partial charge in [0.1, 0.15) is 0 Å². The first-order chi connectivity index (χ1) is 12.6. The van der Waals surface area contributed by atoms with Crippen LogP contribution in [0.5, 0.6) is 0 Å². The van der Waals surface area contributed by atoms with E-state index >= 15 is 0 Å². The van der Waals surface area contributed by atoms with E-state index in [9.17, 15) is 18.8 Å². The molecule has 1 saturated carbocycles. The number of halogens is 2. The lowest BCUT2D eigenvalue weighted by atomic mass is 9.84. The van der Waals surface area contributed by atoms with E-state index < -0.39 is 12.3 Å². The molecule has 0 N–H and O–H groups in total. The zero-order valence-corrected chi connectivity index (χ0v) is 13.9. The molecule has 134 valence electrons. The van der Waals surface area contributed by atoms with Gasteiger partial charge < -0.3 is 9.32 Å². The first-order valence-electron chi connectivity index (χ1n) is 8.54. The fraction of sp³-hybridized carbons (Fsp3) is 0.444. The van der Waals surface area contributed by atoms with Gasteiger partial charge in [-0.3, -0.25) is 4.79 Å². The van der Waals surface area contributed by atoms with Crippen molar-refractivity contribution in [3.8, 4) is 17.5 Å². The van der Waals surface area contributed by atoms with Crippen molar-refractivity contribution in [3.63, 3.8) is 0 Å². The lowest BCUT2D eigenvalue weighted by Crippen LogP contribution is -2.42. The predicted molar refractivity (Wildman–Crippen MR) is 85.9 cm³/mol. The molecule has 0 saturated heterocycles. The smallest absolute Gasteiger partial charge is 0.314 e. The number of carbonyl (C=O) groups excluding carboxylic acids is 1. The third kappa shape index (κ3) is 2.73. The van der Waals surface area contributed by atoms with Gasteiger partial charge in [-0.1, -0.05) is 18.9 Å². The van der Waals surface area contributed by atoms with Gasteiger partial charge in [0.05, 0.1) is 12.0 Å². The molecule has 2 aliphatic rings. The summed E-state index contributed by atoms with van der Waals surface area (Å²) in [5.74, 6) is -1.07. The summed E-state index contributed by atoms with van der Waals surface area (Å²) in [7, 11) is 0. The molecule has 6 nitrogen and oxygen atoms in total. The Hall–Kier alpha value is -2.82. The van der Waals surface area contributed by atoms with Gasteiger partial charge in [0, 0.05) is 23.7 Å². The van der Waals surface area contributed by atoms with Crippen LogP contribution in [0.15, 0.2) is 22.6 Å². The van der Waals surface area contributed by atoms with Crippen LogP contribution in [0.25, 0.3) is 11.5 Å². The number of rotatable bonds is 3. The van der Waals surface area contributed by atoms with E-state index in [2.05, 4.69) is 16.3 Å². The summed E-state index contributed by atoms with van der Waals surface area (Å²) in [5, 5.41) is 16.3. The van der Waals surface area contributed by atoms with Crippen molar-refractivity contribution in [2.45, 2.75) is 44.7 Å². The molecule has 1 fully saturated rings. The number of aromatic nitrogens is 2. The largest absolute Gasteiger partial charge is 0.415 e. The summed E-state index contributed by atoms with van der Waals surface area (Å²) < 4.78 is 30.2. The molecular weight excluding hydrogens is 342 g/mol. The zero-order chi connectivity index (χ0) is 18.3. The highest BCUT2D eigenvalue weighted by molar-refractivity contribution is 5.99. The van der Waals surface area contributed by atoms with Crippen molar-refractivity contribution >= 4 is 5.91 Å². The van der Waals surface area contributed by atoms with E-state index in [1.165, 1.54) is 0 Å². The Morgan fingerprint density at radius 1 is 1.27 bits per heavy atom. The van der Waals surface area contributed by atoms with E-state index in [0.29, 0.717) is 17.7 Å². The summed E-state index contributed by atoms with van der Waals surface area (Å²) in [5.41, 5.74) is 1.79. The minimum absolute atomic E-state index is 0.0399. The molecule has 2 aromatic rings. The highest BCUT2D eigenvalue weighted by atomic mass is 19.3. The summed E-state index contributed by atoms with van der Waals surface area (Å²) in [4.78, 5) is 14.6. The van der Waals surface area contributed by atoms with Gasteiger partial charge in [0.2, 0.25) is 5.89 Å². The van der Waals surface area contributed by atoms with Crippen LogP contribution >= 0.6 is 0 Å². The molecule has 0 bridgehead atoms. The van der Waals surface area contributed by atoms with Crippen molar-refractivity contribution in [2.75, 3.05) is 0 Å². The molecule has 0 unspecified atom stereocenters. The topological polar surface area (TPSA) is 83.0 Å². The maximum atomic E-state index is 12.9. The number of carbonyl (C=O) groups is 1. The second-order valence-electron chi connectivity index (χ2n) is 6.64. The number of hydrogen-bond acceptors (Lipinski definition) is 5. The SMILES string of the molecule is N#C[C@@H]1CCCC[C@H]1N1Cc2ccc(-c3nnc(C(F)F)o3)cc2C1=O. The van der Waals surface area contributed by atoms with Crippen molar-refractivity contribution in [1.82, 2.24) is 15.1 Å². The van der Waals surface area contributed by atoms with Crippen LogP contribution in [-0.4, -0.2) is 27.0 Å². The van der Waals surface area contributed by atoms with Crippen LogP contribution < -0.4 is 0 Å². The van der Waals surface area contributed by atoms with Gasteiger partial charge in [-0.25, -0.2) is 0 Å². The van der Waals surface area contributed by atoms with E-state index in [1.807, 2.05) is 0 Å². The second-order valence-corrected chi connectivity index (χ2v) is 6.64. The molecule has 1 aromatic heterocycles. The Morgan fingerprint density at radius 3 is 2.81 bits per heavy atom. The predicted octanol–water partition coefficient (Wildman–Crippen LogP) is 3.71. The molecule has 2 heterocycles. The summed E-state index contributed by atoms with van der Waals surface area (Å²) in [6.07, 6.45) is 0.818. The minimum atomic E-state index is -2.84. The quantitative estimate of drug-likeness (QED) is 0.835. The van der Waals surface area contributed by atoms with Gasteiger partial charge in [-0.2, -0.15) is 14.0 Å². The monoisotopic (exact) mass is 358 g/mol. The molecule has 1 aliphatic heterocycles. The molecule has 2 atom stereocenters. The summed E-state index contributed by atoms with van der Waals surface area (Å²) in [6, 6.07) is 7.31. The summed E-state index contributed by atoms with van der Waals surface area (Å²) >= 11 is 0. The molecule has 8 heteroatoms. The van der Waals surface area contributed by atoms with E-state index in [-0.39, 0.29) is 23.8 Å². The van der Waals surface area contributed by atoms with Crippen LogP contribution in [0.1, 0.15) is 53.9 Å². The molecular formula is C18H16F2N4O2. The fourth-order valence-corrected chi connectivity index (χ4v) is 3.80. The molecule has 1 amide bonds. The van der Waals surface area contributed by atoms with Crippen molar-refractivity contribution in [2.24, 2.45) is 5.92 Å². The molecule has 0 spiro atoms. The normalized spacial score (nSPS) is 22.5. The van der Waals surface area contributed by atoms with Crippen LogP contribution in [0.2, 0.25) is 0 Å². The van der Waals surface area contributed by atoms with Crippen LogP contribution in [-0.2, 0) is 6.54 Å². The second kappa shape index (κ2) is 6.48. The van der Waals surface area contributed by atoms with Crippen molar-refractivity contribution < 1.29 is 18.0 Å². The van der Waals surface area contributed by atoms with Gasteiger partial charge in [-0.05, 0) is 30.5 Å². The van der Waals surface area contributed by atoms with Crippen LogP contribution in [0.4, 0.5) is 8.78 Å². The number of amides is 1. The van der Waals surface area contributed by atoms with Gasteiger partial charge in [0.25, 0.3) is 11.8 Å². The first kappa shape index (κ1) is 16.6. The Labute approximate surface area is 148 Å². The summed E-state index contributed by atoms with van der Waals surface area (Å²) in [6.45, 7) is 0.462. The Kier molecular flexibility index (Phi) is 4.15. The maximum absolute atomic E-state index is 12.9. The lowest BCUT2D eigenvalue weighted by Gasteiger charge is -2.34. The highest BCUT2D eigenvalue weighted by Crippen LogP contribution is 2.35. The first-order valence-corrected chi connectivity index (χ1v) is 8.54. The Morgan fingerprint density at radius 2 is 2.08 bits per heavy atom. The third-order valence-corrected chi connectivity index (χ3v) is 5.11. The number of nitrogens with zero attached hydrogens (tertiary/aromatic N) is 4.